The molecule has 0 radical (unpaired) electrons. The van der Waals surface area contributed by atoms with Gasteiger partial charge in [-0.15, -0.1) is 23.5 Å². The minimum atomic E-state index is -1.11. The quantitative estimate of drug-likeness (QED) is 0.668. The van der Waals surface area contributed by atoms with E-state index in [-0.39, 0.29) is 5.78 Å². The molecule has 2 nitrogen and oxygen atoms in total. The maximum absolute atomic E-state index is 12.2. The number of ketones is 1. The zero-order valence-electron chi connectivity index (χ0n) is 11.4. The molecule has 2 aromatic carbocycles. The summed E-state index contributed by atoms with van der Waals surface area (Å²) in [6.45, 7) is 0. The number of carbonyl (C=O) groups excluding carboxylic acids is 1. The number of carbonyl (C=O) groups is 1. The van der Waals surface area contributed by atoms with Crippen LogP contribution >= 0.6 is 23.5 Å². The highest BCUT2D eigenvalue weighted by atomic mass is 32.2. The van der Waals surface area contributed by atoms with Crippen molar-refractivity contribution >= 4 is 29.3 Å². The number of benzene rings is 2. The molecular formula is C16H16O2S2. The molecule has 0 unspecified atom stereocenters. The van der Waals surface area contributed by atoms with Gasteiger partial charge in [0.2, 0.25) is 0 Å². The van der Waals surface area contributed by atoms with Gasteiger partial charge in [0.1, 0.15) is 6.10 Å². The van der Waals surface area contributed by atoms with Gasteiger partial charge in [0.05, 0.1) is 0 Å². The van der Waals surface area contributed by atoms with Gasteiger partial charge in [-0.3, -0.25) is 4.79 Å². The molecular weight excluding hydrogens is 288 g/mol. The molecule has 104 valence electrons. The highest BCUT2D eigenvalue weighted by Gasteiger charge is 2.18. The van der Waals surface area contributed by atoms with Crippen molar-refractivity contribution in [1.82, 2.24) is 0 Å². The van der Waals surface area contributed by atoms with Crippen molar-refractivity contribution in [3.05, 3.63) is 59.7 Å². The predicted molar refractivity (Wildman–Crippen MR) is 85.7 cm³/mol. The summed E-state index contributed by atoms with van der Waals surface area (Å²) >= 11 is 3.25. The third-order valence-corrected chi connectivity index (χ3v) is 4.54. The number of rotatable bonds is 5. The Labute approximate surface area is 127 Å². The number of Topliss-reactive ketones (excluding diaryl/α,β-unsaturated/α-hetero) is 1. The lowest BCUT2D eigenvalue weighted by atomic mass is 10.0. The molecule has 0 aliphatic carbocycles. The molecule has 4 heteroatoms. The van der Waals surface area contributed by atoms with Crippen LogP contribution < -0.4 is 0 Å². The van der Waals surface area contributed by atoms with Crippen LogP contribution in [0.15, 0.2) is 58.3 Å². The number of aliphatic hydroxyl groups excluding tert-OH is 1. The largest absolute Gasteiger partial charge is 0.380 e. The zero-order valence-corrected chi connectivity index (χ0v) is 13.0. The second kappa shape index (κ2) is 6.97. The maximum atomic E-state index is 12.2. The van der Waals surface area contributed by atoms with E-state index >= 15 is 0 Å². The minimum Gasteiger partial charge on any atom is -0.380 e. The van der Waals surface area contributed by atoms with E-state index in [4.69, 9.17) is 0 Å². The Bertz CT molecular complexity index is 576. The summed E-state index contributed by atoms with van der Waals surface area (Å²) < 4.78 is 0. The number of aliphatic hydroxyl groups is 1. The summed E-state index contributed by atoms with van der Waals surface area (Å²) in [4.78, 5) is 14.4. The Balaban J connectivity index is 2.17. The van der Waals surface area contributed by atoms with Gasteiger partial charge in [0, 0.05) is 15.4 Å². The number of hydrogen-bond donors (Lipinski definition) is 1. The van der Waals surface area contributed by atoms with E-state index in [1.807, 2.05) is 36.8 Å². The van der Waals surface area contributed by atoms with Crippen molar-refractivity contribution in [2.24, 2.45) is 0 Å². The van der Waals surface area contributed by atoms with Crippen LogP contribution in [0, 0.1) is 0 Å². The van der Waals surface area contributed by atoms with Crippen LogP contribution in [-0.4, -0.2) is 23.4 Å². The molecule has 1 atom stereocenters. The van der Waals surface area contributed by atoms with Crippen LogP contribution in [0.1, 0.15) is 22.0 Å². The molecule has 0 amide bonds. The lowest BCUT2D eigenvalue weighted by Crippen LogP contribution is -2.12. The van der Waals surface area contributed by atoms with Crippen LogP contribution in [-0.2, 0) is 0 Å². The summed E-state index contributed by atoms with van der Waals surface area (Å²) in [6.07, 6.45) is 2.87. The normalized spacial score (nSPS) is 12.2. The Morgan fingerprint density at radius 3 is 1.80 bits per heavy atom. The van der Waals surface area contributed by atoms with Crippen molar-refractivity contribution in [3.63, 3.8) is 0 Å². The molecule has 0 aromatic heterocycles. The summed E-state index contributed by atoms with van der Waals surface area (Å²) in [6, 6.07) is 14.7. The molecule has 0 heterocycles. The van der Waals surface area contributed by atoms with Crippen molar-refractivity contribution < 1.29 is 9.90 Å². The fourth-order valence-corrected chi connectivity index (χ4v) is 2.67. The Kier molecular flexibility index (Phi) is 5.29. The van der Waals surface area contributed by atoms with Gasteiger partial charge in [-0.1, -0.05) is 24.3 Å². The fraction of sp³-hybridized carbons (Fsp3) is 0.188. The molecule has 20 heavy (non-hydrogen) atoms. The second-order valence-corrected chi connectivity index (χ2v) is 6.03. The number of thioether (sulfide) groups is 2. The van der Waals surface area contributed by atoms with Gasteiger partial charge in [0.25, 0.3) is 0 Å². The third-order valence-electron chi connectivity index (χ3n) is 3.05. The molecule has 0 saturated heterocycles. The van der Waals surface area contributed by atoms with Crippen LogP contribution in [0.5, 0.6) is 0 Å². The van der Waals surface area contributed by atoms with Crippen LogP contribution in [0.4, 0.5) is 0 Å². The first-order valence-corrected chi connectivity index (χ1v) is 8.61. The standard InChI is InChI=1S/C16H16O2S2/c1-19-13-7-3-11(4-8-13)15(17)16(18)12-5-9-14(20-2)10-6-12/h3-10,15,17H,1-2H3/t15-/m0/s1. The lowest BCUT2D eigenvalue weighted by molar-refractivity contribution is 0.0747. The average molecular weight is 304 g/mol. The predicted octanol–water partition coefficient (Wildman–Crippen LogP) is 4.05. The highest BCUT2D eigenvalue weighted by molar-refractivity contribution is 7.98. The van der Waals surface area contributed by atoms with Crippen molar-refractivity contribution in [1.29, 1.82) is 0 Å². The number of hydrogen-bond acceptors (Lipinski definition) is 4. The smallest absolute Gasteiger partial charge is 0.195 e. The first-order valence-electron chi connectivity index (χ1n) is 6.16. The first-order chi connectivity index (χ1) is 9.65. The van der Waals surface area contributed by atoms with E-state index in [0.717, 1.165) is 9.79 Å². The summed E-state index contributed by atoms with van der Waals surface area (Å²) in [5.41, 5.74) is 1.16. The zero-order chi connectivity index (χ0) is 14.5. The average Bonchev–Trinajstić information content (AvgIpc) is 2.53. The Morgan fingerprint density at radius 1 is 0.900 bits per heavy atom. The highest BCUT2D eigenvalue weighted by Crippen LogP contribution is 2.23. The molecule has 0 spiro atoms. The Morgan fingerprint density at radius 2 is 1.35 bits per heavy atom. The van der Waals surface area contributed by atoms with E-state index < -0.39 is 6.10 Å². The van der Waals surface area contributed by atoms with E-state index in [9.17, 15) is 9.90 Å². The summed E-state index contributed by atoms with van der Waals surface area (Å²) in [5.74, 6) is -0.269. The first kappa shape index (κ1) is 15.2. The van der Waals surface area contributed by atoms with Crippen LogP contribution in [0.2, 0.25) is 0 Å². The van der Waals surface area contributed by atoms with Gasteiger partial charge in [-0.05, 0) is 42.3 Å². The maximum Gasteiger partial charge on any atom is 0.195 e. The van der Waals surface area contributed by atoms with Gasteiger partial charge in [-0.25, -0.2) is 0 Å². The SMILES string of the molecule is CSc1ccc(C(=O)[C@@H](O)c2ccc(SC)cc2)cc1. The van der Waals surface area contributed by atoms with Crippen molar-refractivity contribution in [2.75, 3.05) is 12.5 Å². The van der Waals surface area contributed by atoms with Crippen LogP contribution in [0.3, 0.4) is 0 Å². The van der Waals surface area contributed by atoms with Gasteiger partial charge in [0.15, 0.2) is 5.78 Å². The van der Waals surface area contributed by atoms with Crippen molar-refractivity contribution in [3.8, 4) is 0 Å². The molecule has 0 aliphatic heterocycles. The monoisotopic (exact) mass is 304 g/mol. The van der Waals surface area contributed by atoms with Crippen molar-refractivity contribution in [2.45, 2.75) is 15.9 Å². The summed E-state index contributed by atoms with van der Waals surface area (Å²) in [7, 11) is 0. The molecule has 0 aliphatic rings. The molecule has 0 saturated carbocycles. The molecule has 2 aromatic rings. The van der Waals surface area contributed by atoms with E-state index in [1.54, 1.807) is 47.8 Å². The minimum absolute atomic E-state index is 0.269. The fourth-order valence-electron chi connectivity index (χ4n) is 1.85. The Hall–Kier alpha value is -1.23. The lowest BCUT2D eigenvalue weighted by Gasteiger charge is -2.11. The third kappa shape index (κ3) is 3.45. The van der Waals surface area contributed by atoms with E-state index in [0.29, 0.717) is 11.1 Å². The van der Waals surface area contributed by atoms with E-state index in [1.165, 1.54) is 0 Å². The van der Waals surface area contributed by atoms with Crippen LogP contribution in [0.25, 0.3) is 0 Å². The summed E-state index contributed by atoms with van der Waals surface area (Å²) in [5, 5.41) is 10.2. The topological polar surface area (TPSA) is 37.3 Å². The van der Waals surface area contributed by atoms with Gasteiger partial charge in [-0.2, -0.15) is 0 Å². The molecule has 0 bridgehead atoms. The molecule has 2 rings (SSSR count). The van der Waals surface area contributed by atoms with E-state index in [2.05, 4.69) is 0 Å². The molecule has 0 fully saturated rings. The van der Waals surface area contributed by atoms with Gasteiger partial charge < -0.3 is 5.11 Å². The van der Waals surface area contributed by atoms with Gasteiger partial charge >= 0.3 is 0 Å². The molecule has 1 N–H and O–H groups in total. The second-order valence-electron chi connectivity index (χ2n) is 4.27.